The number of aromatic nitrogens is 1. The number of pyridine rings is 1. The molecule has 9 heteroatoms. The molecule has 178 valence electrons. The fraction of sp³-hybridized carbons (Fsp3) is 0.542. The topological polar surface area (TPSA) is 83.9 Å². The van der Waals surface area contributed by atoms with E-state index in [1.54, 1.807) is 22.8 Å². The molecule has 33 heavy (non-hydrogen) atoms. The van der Waals surface area contributed by atoms with E-state index in [-0.39, 0.29) is 16.1 Å². The van der Waals surface area contributed by atoms with E-state index in [2.05, 4.69) is 21.6 Å². The molecule has 2 saturated heterocycles. The van der Waals surface area contributed by atoms with Crippen molar-refractivity contribution in [3.8, 4) is 5.75 Å². The average Bonchev–Trinajstić information content (AvgIpc) is 2.81. The Morgan fingerprint density at radius 1 is 1.00 bits per heavy atom. The number of methoxy groups -OCH3 is 1. The first-order valence-corrected chi connectivity index (χ1v) is 13.2. The zero-order valence-corrected chi connectivity index (χ0v) is 20.1. The van der Waals surface area contributed by atoms with E-state index in [0.717, 1.165) is 38.3 Å². The highest BCUT2D eigenvalue weighted by Gasteiger charge is 2.38. The number of hydrogen-bond acceptors (Lipinski definition) is 6. The van der Waals surface area contributed by atoms with Gasteiger partial charge in [0.05, 0.1) is 12.0 Å². The molecule has 0 unspecified atom stereocenters. The molecule has 2 fully saturated rings. The number of sulfonamides is 1. The molecule has 1 aromatic carbocycles. The van der Waals surface area contributed by atoms with Crippen LogP contribution in [-0.2, 0) is 16.6 Å². The van der Waals surface area contributed by atoms with Crippen LogP contribution in [0.15, 0.2) is 46.1 Å². The number of fused-ring (bicyclic) bond motifs is 4. The third-order valence-corrected chi connectivity index (χ3v) is 8.83. The Morgan fingerprint density at radius 2 is 1.73 bits per heavy atom. The minimum atomic E-state index is -3.86. The molecule has 0 radical (unpaired) electrons. The molecule has 5 rings (SSSR count). The van der Waals surface area contributed by atoms with Gasteiger partial charge in [0.2, 0.25) is 0 Å². The fourth-order valence-corrected chi connectivity index (χ4v) is 6.73. The number of anilines is 1. The maximum atomic E-state index is 13.3. The molecule has 0 amide bonds. The number of rotatable bonds is 5. The van der Waals surface area contributed by atoms with Gasteiger partial charge in [-0.25, -0.2) is 8.42 Å². The molecule has 0 saturated carbocycles. The van der Waals surface area contributed by atoms with Crippen LogP contribution >= 0.6 is 0 Å². The molecule has 4 heterocycles. The van der Waals surface area contributed by atoms with E-state index >= 15 is 0 Å². The quantitative estimate of drug-likeness (QED) is 0.718. The molecule has 2 bridgehead atoms. The van der Waals surface area contributed by atoms with Gasteiger partial charge in [0, 0.05) is 37.3 Å². The summed E-state index contributed by atoms with van der Waals surface area (Å²) in [4.78, 5) is 18.4. The van der Waals surface area contributed by atoms with Gasteiger partial charge < -0.3 is 14.2 Å². The third-order valence-electron chi connectivity index (χ3n) is 7.45. The van der Waals surface area contributed by atoms with Gasteiger partial charge in [0.1, 0.15) is 11.4 Å². The van der Waals surface area contributed by atoms with Gasteiger partial charge >= 0.3 is 0 Å². The van der Waals surface area contributed by atoms with Gasteiger partial charge in [0.25, 0.3) is 15.6 Å². The summed E-state index contributed by atoms with van der Waals surface area (Å²) in [6, 6.07) is 10.3. The summed E-state index contributed by atoms with van der Waals surface area (Å²) in [5.41, 5.74) is 0.870. The van der Waals surface area contributed by atoms with Crippen LogP contribution in [0.1, 0.15) is 30.9 Å². The van der Waals surface area contributed by atoms with Crippen LogP contribution in [-0.4, -0.2) is 69.2 Å². The highest BCUT2D eigenvalue weighted by molar-refractivity contribution is 7.92. The van der Waals surface area contributed by atoms with E-state index in [1.807, 2.05) is 6.07 Å². The molecular weight excluding hydrogens is 440 g/mol. The summed E-state index contributed by atoms with van der Waals surface area (Å²) in [5, 5.41) is 0. The number of nitrogens with zero attached hydrogens (tertiary/aromatic N) is 3. The molecule has 1 aromatic heterocycles. The Kier molecular flexibility index (Phi) is 5.96. The standard InChI is InChI=1S/C24H32N4O4S/c1-26-11-9-19(10-12-26)27-14-17-13-18(16-27)23-8-7-22(24(29)28(23)15-17)25-33(30,31)21-5-3-20(32-2)4-6-21/h3-8,17-19,25H,9-16H2,1-2H3/t17-,18+/m0/s1. The Hall–Kier alpha value is -2.36. The van der Waals surface area contributed by atoms with Gasteiger partial charge in [-0.2, -0.15) is 0 Å². The van der Waals surface area contributed by atoms with Crippen LogP contribution in [0.3, 0.4) is 0 Å². The van der Waals surface area contributed by atoms with Crippen LogP contribution in [0.25, 0.3) is 0 Å². The number of nitrogens with one attached hydrogen (secondary N) is 1. The first-order valence-electron chi connectivity index (χ1n) is 11.7. The maximum absolute atomic E-state index is 13.3. The zero-order valence-electron chi connectivity index (χ0n) is 19.2. The predicted molar refractivity (Wildman–Crippen MR) is 127 cm³/mol. The zero-order chi connectivity index (χ0) is 23.2. The second kappa shape index (κ2) is 8.77. The molecule has 3 aliphatic heterocycles. The van der Waals surface area contributed by atoms with Crippen molar-refractivity contribution in [2.75, 3.05) is 45.1 Å². The van der Waals surface area contributed by atoms with E-state index < -0.39 is 10.0 Å². The third kappa shape index (κ3) is 4.41. The Morgan fingerprint density at radius 3 is 2.42 bits per heavy atom. The monoisotopic (exact) mass is 472 g/mol. The van der Waals surface area contributed by atoms with Crippen molar-refractivity contribution >= 4 is 15.7 Å². The molecular formula is C24H32N4O4S. The van der Waals surface area contributed by atoms with Crippen molar-refractivity contribution in [2.45, 2.75) is 42.7 Å². The largest absolute Gasteiger partial charge is 0.497 e. The van der Waals surface area contributed by atoms with Gasteiger partial charge in [-0.3, -0.25) is 14.4 Å². The summed E-state index contributed by atoms with van der Waals surface area (Å²) in [5.74, 6) is 1.31. The summed E-state index contributed by atoms with van der Waals surface area (Å²) >= 11 is 0. The van der Waals surface area contributed by atoms with Crippen LogP contribution < -0.4 is 15.0 Å². The molecule has 0 aliphatic carbocycles. The smallest absolute Gasteiger partial charge is 0.275 e. The first kappa shape index (κ1) is 22.4. The maximum Gasteiger partial charge on any atom is 0.275 e. The van der Waals surface area contributed by atoms with Crippen molar-refractivity contribution in [3.63, 3.8) is 0 Å². The Balaban J connectivity index is 1.36. The SMILES string of the molecule is COc1ccc(S(=O)(=O)Nc2ccc3n(c2=O)C[C@H]2C[C@@H]3CN(C3CCN(C)CC3)C2)cc1. The average molecular weight is 473 g/mol. The van der Waals surface area contributed by atoms with E-state index in [1.165, 1.54) is 32.1 Å². The second-order valence-electron chi connectivity index (χ2n) is 9.66. The lowest BCUT2D eigenvalue weighted by molar-refractivity contribution is 0.0517. The van der Waals surface area contributed by atoms with E-state index in [9.17, 15) is 13.2 Å². The van der Waals surface area contributed by atoms with Crippen molar-refractivity contribution in [2.24, 2.45) is 5.92 Å². The fourth-order valence-electron chi connectivity index (χ4n) is 5.68. The lowest BCUT2D eigenvalue weighted by atomic mass is 9.82. The number of ether oxygens (including phenoxy) is 1. The Bertz CT molecular complexity index is 1170. The number of benzene rings is 1. The lowest BCUT2D eigenvalue weighted by Crippen LogP contribution is -2.53. The summed E-state index contributed by atoms with van der Waals surface area (Å²) in [7, 11) is -0.154. The molecule has 2 aromatic rings. The number of hydrogen-bond donors (Lipinski definition) is 1. The van der Waals surface area contributed by atoms with E-state index in [4.69, 9.17) is 4.74 Å². The van der Waals surface area contributed by atoms with Crippen molar-refractivity contribution in [1.29, 1.82) is 0 Å². The molecule has 8 nitrogen and oxygen atoms in total. The highest BCUT2D eigenvalue weighted by atomic mass is 32.2. The van der Waals surface area contributed by atoms with Gasteiger partial charge in [-0.15, -0.1) is 0 Å². The predicted octanol–water partition coefficient (Wildman–Crippen LogP) is 2.17. The van der Waals surface area contributed by atoms with Gasteiger partial charge in [-0.05, 0) is 81.7 Å². The van der Waals surface area contributed by atoms with Crippen LogP contribution in [0.2, 0.25) is 0 Å². The van der Waals surface area contributed by atoms with Crippen molar-refractivity contribution in [1.82, 2.24) is 14.4 Å². The Labute approximate surface area is 195 Å². The normalized spacial score (nSPS) is 24.3. The van der Waals surface area contributed by atoms with Crippen molar-refractivity contribution < 1.29 is 13.2 Å². The minimum Gasteiger partial charge on any atom is -0.497 e. The summed E-state index contributed by atoms with van der Waals surface area (Å²) in [6.07, 6.45) is 3.50. The summed E-state index contributed by atoms with van der Waals surface area (Å²) < 4.78 is 35.1. The van der Waals surface area contributed by atoms with Gasteiger partial charge in [-0.1, -0.05) is 0 Å². The second-order valence-corrected chi connectivity index (χ2v) is 11.3. The molecule has 1 N–H and O–H groups in total. The highest BCUT2D eigenvalue weighted by Crippen LogP contribution is 2.37. The van der Waals surface area contributed by atoms with Crippen LogP contribution in [0.4, 0.5) is 5.69 Å². The summed E-state index contributed by atoms with van der Waals surface area (Å²) in [6.45, 7) is 4.92. The molecule has 2 atom stereocenters. The molecule has 3 aliphatic rings. The van der Waals surface area contributed by atoms with Crippen LogP contribution in [0, 0.1) is 5.92 Å². The van der Waals surface area contributed by atoms with Gasteiger partial charge in [0.15, 0.2) is 0 Å². The van der Waals surface area contributed by atoms with Crippen molar-refractivity contribution in [3.05, 3.63) is 52.4 Å². The minimum absolute atomic E-state index is 0.0936. The van der Waals surface area contributed by atoms with Crippen LogP contribution in [0.5, 0.6) is 5.75 Å². The molecule has 0 spiro atoms. The van der Waals surface area contributed by atoms with E-state index in [0.29, 0.717) is 30.2 Å². The lowest BCUT2D eigenvalue weighted by Gasteiger charge is -2.47. The number of likely N-dealkylation sites (tertiary alicyclic amines) is 2. The number of piperidine rings is 2. The first-order chi connectivity index (χ1) is 15.8.